The number of nitrogens with one attached hydrogen (secondary N) is 3. The minimum absolute atomic E-state index is 0.122. The van der Waals surface area contributed by atoms with Crippen LogP contribution in [-0.2, 0) is 4.79 Å². The van der Waals surface area contributed by atoms with Crippen molar-refractivity contribution in [2.24, 2.45) is 5.41 Å². The fourth-order valence-electron chi connectivity index (χ4n) is 2.12. The van der Waals surface area contributed by atoms with Gasteiger partial charge in [-0.15, -0.1) is 0 Å². The number of carbonyl (C=O) groups excluding carboxylic acids is 2. The van der Waals surface area contributed by atoms with E-state index in [-0.39, 0.29) is 18.4 Å². The number of benzene rings is 1. The average molecular weight is 288 g/mol. The highest BCUT2D eigenvalue weighted by atomic mass is 16.2. The lowest BCUT2D eigenvalue weighted by molar-refractivity contribution is -0.128. The fraction of sp³-hybridized carbons (Fsp3) is 0.333. The van der Waals surface area contributed by atoms with Gasteiger partial charge in [0.2, 0.25) is 5.91 Å². The van der Waals surface area contributed by atoms with E-state index in [1.807, 2.05) is 12.1 Å². The van der Waals surface area contributed by atoms with E-state index in [2.05, 4.69) is 15.6 Å². The summed E-state index contributed by atoms with van der Waals surface area (Å²) in [5.41, 5.74) is 6.95. The minimum atomic E-state index is -0.671. The predicted octanol–water partition coefficient (Wildman–Crippen LogP) is 1.25. The van der Waals surface area contributed by atoms with Gasteiger partial charge in [-0.25, -0.2) is 0 Å². The molecule has 2 rings (SSSR count). The van der Waals surface area contributed by atoms with Crippen LogP contribution in [0.5, 0.6) is 0 Å². The number of H-pyrrole nitrogens is 1. The summed E-state index contributed by atoms with van der Waals surface area (Å²) in [6.45, 7) is 3.79. The van der Waals surface area contributed by atoms with E-state index >= 15 is 0 Å². The Labute approximate surface area is 123 Å². The number of nitrogen functional groups attached to an aromatic ring is 1. The molecule has 2 amide bonds. The molecular formula is C15H20N4O2. The zero-order valence-corrected chi connectivity index (χ0v) is 12.4. The highest BCUT2D eigenvalue weighted by Crippen LogP contribution is 2.21. The van der Waals surface area contributed by atoms with Gasteiger partial charge in [-0.2, -0.15) is 0 Å². The third-order valence-electron chi connectivity index (χ3n) is 3.47. The monoisotopic (exact) mass is 288 g/mol. The van der Waals surface area contributed by atoms with Crippen molar-refractivity contribution in [2.45, 2.75) is 13.8 Å². The van der Waals surface area contributed by atoms with E-state index in [0.29, 0.717) is 11.4 Å². The molecule has 0 aliphatic rings. The van der Waals surface area contributed by atoms with E-state index in [9.17, 15) is 9.59 Å². The molecule has 1 heterocycles. The predicted molar refractivity (Wildman–Crippen MR) is 82.9 cm³/mol. The largest absolute Gasteiger partial charge is 0.397 e. The first kappa shape index (κ1) is 14.9. The van der Waals surface area contributed by atoms with E-state index in [1.54, 1.807) is 33.0 Å². The Bertz CT molecular complexity index is 688. The minimum Gasteiger partial charge on any atom is -0.397 e. The van der Waals surface area contributed by atoms with Gasteiger partial charge in [0.1, 0.15) is 5.69 Å². The molecule has 0 saturated carbocycles. The number of para-hydroxylation sites is 1. The van der Waals surface area contributed by atoms with Crippen LogP contribution in [0.3, 0.4) is 0 Å². The Kier molecular flexibility index (Phi) is 3.88. The smallest absolute Gasteiger partial charge is 0.267 e. The topological polar surface area (TPSA) is 100 Å². The molecule has 2 aromatic rings. The second-order valence-electron chi connectivity index (χ2n) is 5.64. The van der Waals surface area contributed by atoms with E-state index in [0.717, 1.165) is 10.9 Å². The van der Waals surface area contributed by atoms with Gasteiger partial charge in [0.15, 0.2) is 0 Å². The molecule has 0 bridgehead atoms. The third kappa shape index (κ3) is 2.99. The summed E-state index contributed by atoms with van der Waals surface area (Å²) >= 11 is 0. The summed E-state index contributed by atoms with van der Waals surface area (Å²) in [4.78, 5) is 26.9. The van der Waals surface area contributed by atoms with Crippen molar-refractivity contribution in [3.05, 3.63) is 30.0 Å². The molecule has 0 saturated heterocycles. The van der Waals surface area contributed by atoms with Crippen LogP contribution in [0.15, 0.2) is 24.3 Å². The normalized spacial score (nSPS) is 11.4. The van der Waals surface area contributed by atoms with Crippen LogP contribution in [0.1, 0.15) is 24.3 Å². The van der Waals surface area contributed by atoms with Crippen molar-refractivity contribution < 1.29 is 9.59 Å². The number of nitrogens with two attached hydrogens (primary N) is 1. The van der Waals surface area contributed by atoms with E-state index in [1.165, 1.54) is 0 Å². The first-order valence-electron chi connectivity index (χ1n) is 6.73. The highest BCUT2D eigenvalue weighted by Gasteiger charge is 2.27. The summed E-state index contributed by atoms with van der Waals surface area (Å²) in [5.74, 6) is -0.383. The molecule has 6 nitrogen and oxygen atoms in total. The molecule has 112 valence electrons. The second-order valence-corrected chi connectivity index (χ2v) is 5.64. The molecule has 0 unspecified atom stereocenters. The van der Waals surface area contributed by atoms with Crippen LogP contribution in [0.25, 0.3) is 10.9 Å². The first-order valence-corrected chi connectivity index (χ1v) is 6.73. The molecule has 0 aliphatic carbocycles. The molecular weight excluding hydrogens is 268 g/mol. The number of fused-ring (bicyclic) bond motifs is 1. The lowest BCUT2D eigenvalue weighted by Crippen LogP contribution is -2.43. The quantitative estimate of drug-likeness (QED) is 0.637. The van der Waals surface area contributed by atoms with Crippen molar-refractivity contribution in [1.29, 1.82) is 0 Å². The van der Waals surface area contributed by atoms with Crippen LogP contribution < -0.4 is 16.4 Å². The highest BCUT2D eigenvalue weighted by molar-refractivity contribution is 6.01. The SMILES string of the molecule is CNC(=O)C(C)(C)CNC(=O)c1cc2cccc(N)c2[nH]1. The van der Waals surface area contributed by atoms with Crippen LogP contribution in [0.4, 0.5) is 5.69 Å². The maximum absolute atomic E-state index is 12.2. The Morgan fingerprint density at radius 2 is 2.05 bits per heavy atom. The van der Waals surface area contributed by atoms with Gasteiger partial charge < -0.3 is 21.4 Å². The molecule has 0 aliphatic heterocycles. The van der Waals surface area contributed by atoms with E-state index < -0.39 is 5.41 Å². The Morgan fingerprint density at radius 3 is 2.67 bits per heavy atom. The summed E-state index contributed by atoms with van der Waals surface area (Å²) in [5, 5.41) is 6.23. The van der Waals surface area contributed by atoms with Crippen molar-refractivity contribution in [2.75, 3.05) is 19.3 Å². The first-order chi connectivity index (χ1) is 9.85. The van der Waals surface area contributed by atoms with Gasteiger partial charge in [0.05, 0.1) is 16.6 Å². The summed E-state index contributed by atoms with van der Waals surface area (Å²) in [7, 11) is 1.58. The zero-order chi connectivity index (χ0) is 15.6. The lowest BCUT2D eigenvalue weighted by Gasteiger charge is -2.22. The average Bonchev–Trinajstić information content (AvgIpc) is 2.89. The number of anilines is 1. The summed E-state index contributed by atoms with van der Waals surface area (Å²) in [6, 6.07) is 7.23. The summed E-state index contributed by atoms with van der Waals surface area (Å²) in [6.07, 6.45) is 0. The maximum atomic E-state index is 12.2. The van der Waals surface area contributed by atoms with Crippen molar-refractivity contribution in [3.63, 3.8) is 0 Å². The van der Waals surface area contributed by atoms with Crippen LogP contribution in [-0.4, -0.2) is 30.4 Å². The van der Waals surface area contributed by atoms with Crippen LogP contribution in [0, 0.1) is 5.41 Å². The zero-order valence-electron chi connectivity index (χ0n) is 12.4. The van der Waals surface area contributed by atoms with Crippen LogP contribution >= 0.6 is 0 Å². The van der Waals surface area contributed by atoms with Gasteiger partial charge in [0, 0.05) is 19.0 Å². The molecule has 0 atom stereocenters. The number of hydrogen-bond acceptors (Lipinski definition) is 3. The third-order valence-corrected chi connectivity index (χ3v) is 3.47. The maximum Gasteiger partial charge on any atom is 0.267 e. The number of hydrogen-bond donors (Lipinski definition) is 4. The Hall–Kier alpha value is -2.50. The Balaban J connectivity index is 2.13. The van der Waals surface area contributed by atoms with E-state index in [4.69, 9.17) is 5.73 Å². The van der Waals surface area contributed by atoms with Crippen molar-refractivity contribution in [1.82, 2.24) is 15.6 Å². The molecule has 6 heteroatoms. The second kappa shape index (κ2) is 5.47. The van der Waals surface area contributed by atoms with Gasteiger partial charge in [-0.3, -0.25) is 9.59 Å². The standard InChI is InChI=1S/C15H20N4O2/c1-15(2,14(21)17-3)8-18-13(20)11-7-9-5-4-6-10(16)12(9)19-11/h4-7,19H,8,16H2,1-3H3,(H,17,21)(H,18,20). The molecule has 1 aromatic carbocycles. The lowest BCUT2D eigenvalue weighted by atomic mass is 9.92. The van der Waals surface area contributed by atoms with Gasteiger partial charge in [0.25, 0.3) is 5.91 Å². The van der Waals surface area contributed by atoms with Gasteiger partial charge in [-0.1, -0.05) is 12.1 Å². The number of amides is 2. The number of aromatic amines is 1. The molecule has 5 N–H and O–H groups in total. The van der Waals surface area contributed by atoms with Gasteiger partial charge in [-0.05, 0) is 26.0 Å². The molecule has 21 heavy (non-hydrogen) atoms. The fourth-order valence-corrected chi connectivity index (χ4v) is 2.12. The van der Waals surface area contributed by atoms with Gasteiger partial charge >= 0.3 is 0 Å². The van der Waals surface area contributed by atoms with Crippen molar-refractivity contribution >= 4 is 28.4 Å². The molecule has 0 spiro atoms. The van der Waals surface area contributed by atoms with Crippen molar-refractivity contribution in [3.8, 4) is 0 Å². The number of carbonyl (C=O) groups is 2. The molecule has 0 radical (unpaired) electrons. The van der Waals surface area contributed by atoms with Crippen LogP contribution in [0.2, 0.25) is 0 Å². The molecule has 1 aromatic heterocycles. The number of rotatable bonds is 4. The summed E-state index contributed by atoms with van der Waals surface area (Å²) < 4.78 is 0. The molecule has 0 fully saturated rings. The Morgan fingerprint density at radius 1 is 1.33 bits per heavy atom. The number of aromatic nitrogens is 1.